The van der Waals surface area contributed by atoms with Crippen molar-refractivity contribution in [2.75, 3.05) is 13.1 Å². The van der Waals surface area contributed by atoms with Crippen molar-refractivity contribution < 1.29 is 9.21 Å². The van der Waals surface area contributed by atoms with Crippen molar-refractivity contribution in [3.8, 4) is 0 Å². The van der Waals surface area contributed by atoms with Crippen molar-refractivity contribution >= 4 is 5.78 Å². The molecule has 1 aromatic rings. The molecule has 1 aliphatic rings. The lowest BCUT2D eigenvalue weighted by Gasteiger charge is -2.28. The third-order valence-electron chi connectivity index (χ3n) is 3.06. The fraction of sp³-hybridized carbons (Fsp3) is 0.667. The van der Waals surface area contributed by atoms with Crippen LogP contribution in [0.2, 0.25) is 0 Å². The second-order valence-electron chi connectivity index (χ2n) is 4.43. The number of carbonyl (C=O) groups is 1. The Bertz CT molecular complexity index is 373. The van der Waals surface area contributed by atoms with Crippen LogP contribution in [0.25, 0.3) is 0 Å². The summed E-state index contributed by atoms with van der Waals surface area (Å²) >= 11 is 0. The van der Waals surface area contributed by atoms with E-state index in [1.807, 2.05) is 13.8 Å². The highest BCUT2D eigenvalue weighted by Gasteiger charge is 2.24. The number of piperidine rings is 1. The van der Waals surface area contributed by atoms with Crippen LogP contribution in [-0.4, -0.2) is 28.8 Å². The quantitative estimate of drug-likeness (QED) is 0.780. The van der Waals surface area contributed by atoms with Crippen LogP contribution < -0.4 is 0 Å². The minimum Gasteiger partial charge on any atom is -0.444 e. The Kier molecular flexibility index (Phi) is 3.39. The Balaban J connectivity index is 1.92. The molecule has 1 aliphatic heterocycles. The molecule has 88 valence electrons. The molecular weight excluding hydrogens is 204 g/mol. The van der Waals surface area contributed by atoms with Gasteiger partial charge in [-0.1, -0.05) is 13.8 Å². The lowest BCUT2D eigenvalue weighted by Crippen LogP contribution is -2.39. The van der Waals surface area contributed by atoms with Crippen molar-refractivity contribution in [1.29, 1.82) is 0 Å². The molecule has 4 heteroatoms. The first-order valence-corrected chi connectivity index (χ1v) is 5.87. The van der Waals surface area contributed by atoms with Crippen molar-refractivity contribution in [1.82, 2.24) is 9.88 Å². The van der Waals surface area contributed by atoms with Crippen LogP contribution in [-0.2, 0) is 17.8 Å². The van der Waals surface area contributed by atoms with Crippen LogP contribution in [0, 0.1) is 5.92 Å². The highest BCUT2D eigenvalue weighted by molar-refractivity contribution is 5.81. The normalized spacial score (nSPS) is 22.6. The molecular formula is C12H18N2O2. The molecule has 0 N–H and O–H groups in total. The predicted octanol–water partition coefficient (Wildman–Crippen LogP) is 1.65. The van der Waals surface area contributed by atoms with Crippen LogP contribution in [0.15, 0.2) is 10.6 Å². The molecule has 2 heterocycles. The van der Waals surface area contributed by atoms with Crippen LogP contribution >= 0.6 is 0 Å². The number of hydrogen-bond donors (Lipinski definition) is 0. The number of aryl methyl sites for hydroxylation is 1. The van der Waals surface area contributed by atoms with Gasteiger partial charge in [0.05, 0.1) is 12.7 Å². The molecule has 1 saturated heterocycles. The number of likely N-dealkylation sites (tertiary alicyclic amines) is 1. The Morgan fingerprint density at radius 2 is 2.44 bits per heavy atom. The van der Waals surface area contributed by atoms with Gasteiger partial charge in [0.1, 0.15) is 11.5 Å². The molecule has 1 fully saturated rings. The fourth-order valence-corrected chi connectivity index (χ4v) is 2.01. The number of oxazole rings is 1. The number of aromatic nitrogens is 1. The summed E-state index contributed by atoms with van der Waals surface area (Å²) in [5, 5.41) is 0. The van der Waals surface area contributed by atoms with Gasteiger partial charge in [0.25, 0.3) is 0 Å². The topological polar surface area (TPSA) is 46.3 Å². The van der Waals surface area contributed by atoms with Crippen molar-refractivity contribution in [3.05, 3.63) is 17.8 Å². The highest BCUT2D eigenvalue weighted by atomic mass is 16.4. The summed E-state index contributed by atoms with van der Waals surface area (Å²) in [5.41, 5.74) is 0. The van der Waals surface area contributed by atoms with Gasteiger partial charge in [-0.15, -0.1) is 0 Å². The van der Waals surface area contributed by atoms with E-state index in [0.29, 0.717) is 12.2 Å². The minimum atomic E-state index is 0.148. The van der Waals surface area contributed by atoms with E-state index in [1.165, 1.54) is 0 Å². The number of hydrogen-bond acceptors (Lipinski definition) is 4. The van der Waals surface area contributed by atoms with Gasteiger partial charge in [-0.05, 0) is 0 Å². The summed E-state index contributed by atoms with van der Waals surface area (Å²) in [4.78, 5) is 17.8. The average molecular weight is 222 g/mol. The molecule has 1 unspecified atom stereocenters. The summed E-state index contributed by atoms with van der Waals surface area (Å²) in [6, 6.07) is 0. The molecule has 4 nitrogen and oxygen atoms in total. The number of Topliss-reactive ketones (excluding diaryl/α,β-unsaturated/α-hetero) is 1. The van der Waals surface area contributed by atoms with Gasteiger partial charge in [0.15, 0.2) is 0 Å². The molecule has 1 atom stereocenters. The third-order valence-corrected chi connectivity index (χ3v) is 3.06. The zero-order valence-corrected chi connectivity index (χ0v) is 9.90. The first-order valence-electron chi connectivity index (χ1n) is 5.87. The maximum Gasteiger partial charge on any atom is 0.208 e. The Hall–Kier alpha value is -1.16. The minimum absolute atomic E-state index is 0.148. The first-order chi connectivity index (χ1) is 7.69. The van der Waals surface area contributed by atoms with E-state index in [4.69, 9.17) is 4.42 Å². The number of rotatable bonds is 3. The van der Waals surface area contributed by atoms with Gasteiger partial charge in [-0.2, -0.15) is 0 Å². The maximum absolute atomic E-state index is 11.4. The van der Waals surface area contributed by atoms with E-state index in [9.17, 15) is 4.79 Å². The van der Waals surface area contributed by atoms with E-state index in [1.54, 1.807) is 6.20 Å². The van der Waals surface area contributed by atoms with Gasteiger partial charge in [-0.3, -0.25) is 9.69 Å². The Morgan fingerprint density at radius 1 is 1.62 bits per heavy atom. The summed E-state index contributed by atoms with van der Waals surface area (Å²) < 4.78 is 5.56. The summed E-state index contributed by atoms with van der Waals surface area (Å²) in [7, 11) is 0. The molecule has 0 bridgehead atoms. The Morgan fingerprint density at radius 3 is 3.06 bits per heavy atom. The standard InChI is InChI=1S/C12H18N2O2/c1-3-10-6-13-12(16-10)8-14-5-4-11(15)9(2)7-14/h6,9H,3-5,7-8H2,1-2H3. The van der Waals surface area contributed by atoms with E-state index in [0.717, 1.165) is 37.7 Å². The fourth-order valence-electron chi connectivity index (χ4n) is 2.01. The molecule has 0 amide bonds. The molecule has 1 aromatic heterocycles. The lowest BCUT2D eigenvalue weighted by atomic mass is 9.99. The van der Waals surface area contributed by atoms with E-state index < -0.39 is 0 Å². The van der Waals surface area contributed by atoms with Crippen molar-refractivity contribution in [2.45, 2.75) is 33.2 Å². The summed E-state index contributed by atoms with van der Waals surface area (Å²) in [6.45, 7) is 6.40. The maximum atomic E-state index is 11.4. The monoisotopic (exact) mass is 222 g/mol. The van der Waals surface area contributed by atoms with Gasteiger partial charge < -0.3 is 4.42 Å². The molecule has 0 spiro atoms. The van der Waals surface area contributed by atoms with E-state index in [2.05, 4.69) is 9.88 Å². The van der Waals surface area contributed by atoms with Crippen molar-refractivity contribution in [3.63, 3.8) is 0 Å². The molecule has 0 saturated carbocycles. The van der Waals surface area contributed by atoms with Gasteiger partial charge in [0, 0.05) is 31.8 Å². The Labute approximate surface area is 95.6 Å². The zero-order valence-electron chi connectivity index (χ0n) is 9.90. The van der Waals surface area contributed by atoms with Crippen molar-refractivity contribution in [2.24, 2.45) is 5.92 Å². The predicted molar refractivity (Wildman–Crippen MR) is 59.9 cm³/mol. The molecule has 0 aliphatic carbocycles. The van der Waals surface area contributed by atoms with E-state index >= 15 is 0 Å². The van der Waals surface area contributed by atoms with E-state index in [-0.39, 0.29) is 5.92 Å². The van der Waals surface area contributed by atoms with Crippen LogP contribution in [0.4, 0.5) is 0 Å². The molecule has 2 rings (SSSR count). The average Bonchev–Trinajstić information content (AvgIpc) is 2.71. The summed E-state index contributed by atoms with van der Waals surface area (Å²) in [6.07, 6.45) is 3.32. The van der Waals surface area contributed by atoms with Gasteiger partial charge >= 0.3 is 0 Å². The SMILES string of the molecule is CCc1cnc(CN2CCC(=O)C(C)C2)o1. The van der Waals surface area contributed by atoms with Crippen LogP contribution in [0.1, 0.15) is 31.9 Å². The second-order valence-corrected chi connectivity index (χ2v) is 4.43. The smallest absolute Gasteiger partial charge is 0.208 e. The molecule has 0 radical (unpaired) electrons. The first kappa shape index (κ1) is 11.3. The number of ketones is 1. The second kappa shape index (κ2) is 4.78. The van der Waals surface area contributed by atoms with Crippen LogP contribution in [0.3, 0.4) is 0 Å². The van der Waals surface area contributed by atoms with Gasteiger partial charge in [0.2, 0.25) is 5.89 Å². The molecule has 0 aromatic carbocycles. The third kappa shape index (κ3) is 2.50. The highest BCUT2D eigenvalue weighted by Crippen LogP contribution is 2.15. The zero-order chi connectivity index (χ0) is 11.5. The van der Waals surface area contributed by atoms with Gasteiger partial charge in [-0.25, -0.2) is 4.98 Å². The molecule has 16 heavy (non-hydrogen) atoms. The lowest BCUT2D eigenvalue weighted by molar-refractivity contribution is -0.125. The number of nitrogens with zero attached hydrogens (tertiary/aromatic N) is 2. The number of carbonyl (C=O) groups excluding carboxylic acids is 1. The van der Waals surface area contributed by atoms with Crippen LogP contribution in [0.5, 0.6) is 0 Å². The largest absolute Gasteiger partial charge is 0.444 e. The summed E-state index contributed by atoms with van der Waals surface area (Å²) in [5.74, 6) is 2.21.